The molecule has 1 aliphatic rings. The van der Waals surface area contributed by atoms with Crippen LogP contribution in [-0.4, -0.2) is 22.9 Å². The van der Waals surface area contributed by atoms with Crippen LogP contribution in [0, 0.1) is 5.92 Å². The Kier molecular flexibility index (Phi) is 4.80. The molecule has 0 aliphatic heterocycles. The van der Waals surface area contributed by atoms with Crippen molar-refractivity contribution in [1.82, 2.24) is 4.90 Å². The summed E-state index contributed by atoms with van der Waals surface area (Å²) in [7, 11) is 0. The van der Waals surface area contributed by atoms with Gasteiger partial charge < -0.3 is 10.6 Å². The summed E-state index contributed by atoms with van der Waals surface area (Å²) in [4.78, 5) is 14.1. The van der Waals surface area contributed by atoms with Crippen molar-refractivity contribution >= 4 is 5.91 Å². The zero-order valence-corrected chi connectivity index (χ0v) is 12.7. The highest BCUT2D eigenvalue weighted by atomic mass is 19.4. The molecule has 1 aromatic rings. The smallest absolute Gasteiger partial charge is 0.334 e. The van der Waals surface area contributed by atoms with Gasteiger partial charge in [-0.3, -0.25) is 4.79 Å². The number of carbonyl (C=O) groups is 1. The van der Waals surface area contributed by atoms with E-state index in [2.05, 4.69) is 0 Å². The average Bonchev–Trinajstić information content (AvgIpc) is 3.27. The van der Waals surface area contributed by atoms with Gasteiger partial charge in [0.1, 0.15) is 0 Å². The maximum Gasteiger partial charge on any atom is 0.416 e. The number of nitrogens with zero attached hydrogens (tertiary/aromatic N) is 1. The second kappa shape index (κ2) is 6.28. The number of benzene rings is 1. The SMILES string of the molecule is CC(C)C(N)C(=O)N(Cc1cccc(C(F)(F)F)c1)C1CC1. The number of carbonyl (C=O) groups excluding carboxylic acids is 1. The number of rotatable bonds is 5. The molecular weight excluding hydrogens is 293 g/mol. The maximum absolute atomic E-state index is 12.8. The minimum absolute atomic E-state index is 0.00439. The molecule has 0 heterocycles. The molecule has 0 radical (unpaired) electrons. The van der Waals surface area contributed by atoms with Crippen molar-refractivity contribution in [1.29, 1.82) is 0 Å². The molecule has 1 saturated carbocycles. The van der Waals surface area contributed by atoms with Gasteiger partial charge in [-0.25, -0.2) is 0 Å². The number of alkyl halides is 3. The first-order valence-corrected chi connectivity index (χ1v) is 7.42. The molecule has 1 aliphatic carbocycles. The molecule has 2 rings (SSSR count). The summed E-state index contributed by atoms with van der Waals surface area (Å²) in [5.74, 6) is -0.190. The van der Waals surface area contributed by atoms with E-state index in [4.69, 9.17) is 5.73 Å². The second-order valence-corrected chi connectivity index (χ2v) is 6.17. The van der Waals surface area contributed by atoms with Crippen molar-refractivity contribution in [3.63, 3.8) is 0 Å². The number of hydrogen-bond donors (Lipinski definition) is 1. The fourth-order valence-corrected chi connectivity index (χ4v) is 2.29. The topological polar surface area (TPSA) is 46.3 Å². The Labute approximate surface area is 128 Å². The minimum Gasteiger partial charge on any atom is -0.334 e. The summed E-state index contributed by atoms with van der Waals surface area (Å²) in [6.07, 6.45) is -2.61. The molecule has 22 heavy (non-hydrogen) atoms. The van der Waals surface area contributed by atoms with Crippen LogP contribution in [0.3, 0.4) is 0 Å². The van der Waals surface area contributed by atoms with Crippen LogP contribution < -0.4 is 5.73 Å². The molecule has 3 nitrogen and oxygen atoms in total. The van der Waals surface area contributed by atoms with Gasteiger partial charge in [-0.05, 0) is 36.5 Å². The summed E-state index contributed by atoms with van der Waals surface area (Å²) >= 11 is 0. The van der Waals surface area contributed by atoms with Crippen LogP contribution in [0.25, 0.3) is 0 Å². The van der Waals surface area contributed by atoms with Crippen LogP contribution in [0.2, 0.25) is 0 Å². The van der Waals surface area contributed by atoms with Crippen molar-refractivity contribution in [2.45, 2.75) is 51.5 Å². The van der Waals surface area contributed by atoms with Gasteiger partial charge in [0.15, 0.2) is 0 Å². The molecule has 1 unspecified atom stereocenters. The third-order valence-corrected chi connectivity index (χ3v) is 3.88. The summed E-state index contributed by atoms with van der Waals surface area (Å²) in [5, 5.41) is 0. The monoisotopic (exact) mass is 314 g/mol. The van der Waals surface area contributed by atoms with Crippen molar-refractivity contribution in [2.75, 3.05) is 0 Å². The highest BCUT2D eigenvalue weighted by Gasteiger charge is 2.36. The molecule has 1 amide bonds. The van der Waals surface area contributed by atoms with Crippen molar-refractivity contribution < 1.29 is 18.0 Å². The van der Waals surface area contributed by atoms with Gasteiger partial charge in [-0.1, -0.05) is 26.0 Å². The van der Waals surface area contributed by atoms with Crippen LogP contribution in [0.4, 0.5) is 13.2 Å². The van der Waals surface area contributed by atoms with Gasteiger partial charge in [-0.2, -0.15) is 13.2 Å². The average molecular weight is 314 g/mol. The molecule has 0 bridgehead atoms. The van der Waals surface area contributed by atoms with Crippen molar-refractivity contribution in [3.8, 4) is 0 Å². The molecule has 1 atom stereocenters. The molecule has 6 heteroatoms. The summed E-state index contributed by atoms with van der Waals surface area (Å²) < 4.78 is 38.3. The van der Waals surface area contributed by atoms with Crippen LogP contribution in [0.1, 0.15) is 37.8 Å². The minimum atomic E-state index is -4.38. The Hall–Kier alpha value is -1.56. The Balaban J connectivity index is 2.17. The number of amides is 1. The van der Waals surface area contributed by atoms with Gasteiger partial charge in [0.25, 0.3) is 0 Å². The Bertz CT molecular complexity index is 538. The summed E-state index contributed by atoms with van der Waals surface area (Å²) in [6, 6.07) is 4.60. The van der Waals surface area contributed by atoms with E-state index < -0.39 is 17.8 Å². The van der Waals surface area contributed by atoms with Gasteiger partial charge >= 0.3 is 6.18 Å². The van der Waals surface area contributed by atoms with Crippen LogP contribution in [0.5, 0.6) is 0 Å². The van der Waals surface area contributed by atoms with Crippen LogP contribution >= 0.6 is 0 Å². The Morgan fingerprint density at radius 1 is 1.36 bits per heavy atom. The molecule has 1 fully saturated rings. The molecular formula is C16H21F3N2O. The predicted molar refractivity (Wildman–Crippen MR) is 77.8 cm³/mol. The summed E-state index contributed by atoms with van der Waals surface area (Å²) in [5.41, 5.74) is 5.69. The highest BCUT2D eigenvalue weighted by Crippen LogP contribution is 2.32. The van der Waals surface area contributed by atoms with E-state index in [0.717, 1.165) is 25.0 Å². The molecule has 2 N–H and O–H groups in total. The molecule has 1 aromatic carbocycles. The highest BCUT2D eigenvalue weighted by molar-refractivity contribution is 5.82. The number of hydrogen-bond acceptors (Lipinski definition) is 2. The normalized spacial score (nSPS) is 16.7. The van der Waals surface area contributed by atoms with E-state index in [1.807, 2.05) is 13.8 Å². The maximum atomic E-state index is 12.8. The third-order valence-electron chi connectivity index (χ3n) is 3.88. The fraction of sp³-hybridized carbons (Fsp3) is 0.562. The van der Waals surface area contributed by atoms with Gasteiger partial charge in [0.2, 0.25) is 5.91 Å². The van der Waals surface area contributed by atoms with E-state index >= 15 is 0 Å². The van der Waals surface area contributed by atoms with Crippen molar-refractivity contribution in [3.05, 3.63) is 35.4 Å². The van der Waals surface area contributed by atoms with Crippen molar-refractivity contribution in [2.24, 2.45) is 11.7 Å². The Morgan fingerprint density at radius 3 is 2.50 bits per heavy atom. The standard InChI is InChI=1S/C16H21F3N2O/c1-10(2)14(20)15(22)21(13-6-7-13)9-11-4-3-5-12(8-11)16(17,18)19/h3-5,8,10,13-14H,6-7,9,20H2,1-2H3. The Morgan fingerprint density at radius 2 is 2.00 bits per heavy atom. The first-order valence-electron chi connectivity index (χ1n) is 7.42. The van der Waals surface area contributed by atoms with Gasteiger partial charge in [0, 0.05) is 12.6 Å². The predicted octanol–water partition coefficient (Wildman–Crippen LogP) is 3.18. The van der Waals surface area contributed by atoms with Crippen LogP contribution in [-0.2, 0) is 17.5 Å². The van der Waals surface area contributed by atoms with E-state index in [-0.39, 0.29) is 24.4 Å². The molecule has 0 aromatic heterocycles. The molecule has 122 valence electrons. The second-order valence-electron chi connectivity index (χ2n) is 6.17. The molecule has 0 spiro atoms. The van der Waals surface area contributed by atoms with E-state index in [9.17, 15) is 18.0 Å². The third kappa shape index (κ3) is 4.00. The number of halogens is 3. The van der Waals surface area contributed by atoms with E-state index in [1.54, 1.807) is 11.0 Å². The lowest BCUT2D eigenvalue weighted by atomic mass is 10.0. The zero-order chi connectivity index (χ0) is 16.5. The van der Waals surface area contributed by atoms with E-state index in [0.29, 0.717) is 5.56 Å². The van der Waals surface area contributed by atoms with Gasteiger partial charge in [-0.15, -0.1) is 0 Å². The zero-order valence-electron chi connectivity index (χ0n) is 12.7. The lowest BCUT2D eigenvalue weighted by molar-refractivity contribution is -0.137. The van der Waals surface area contributed by atoms with E-state index in [1.165, 1.54) is 6.07 Å². The lowest BCUT2D eigenvalue weighted by Crippen LogP contribution is -2.47. The largest absolute Gasteiger partial charge is 0.416 e. The van der Waals surface area contributed by atoms with Crippen LogP contribution in [0.15, 0.2) is 24.3 Å². The summed E-state index contributed by atoms with van der Waals surface area (Å²) in [6.45, 7) is 3.89. The first-order chi connectivity index (χ1) is 10.2. The lowest BCUT2D eigenvalue weighted by Gasteiger charge is -2.27. The molecule has 0 saturated heterocycles. The quantitative estimate of drug-likeness (QED) is 0.907. The number of nitrogens with two attached hydrogens (primary N) is 1. The fourth-order valence-electron chi connectivity index (χ4n) is 2.29. The van der Waals surface area contributed by atoms with Gasteiger partial charge in [0.05, 0.1) is 11.6 Å². The first kappa shape index (κ1) is 16.8.